The van der Waals surface area contributed by atoms with Crippen LogP contribution in [0.2, 0.25) is 0 Å². The molecule has 3 nitrogen and oxygen atoms in total. The fraction of sp³-hybridized carbons (Fsp3) is 0.800. The third kappa shape index (κ3) is 5.80. The van der Waals surface area contributed by atoms with E-state index in [-0.39, 0.29) is 6.10 Å². The van der Waals surface area contributed by atoms with E-state index >= 15 is 0 Å². The molecule has 0 aromatic heterocycles. The number of rotatable bonds is 8. The molecule has 2 N–H and O–H groups in total. The van der Waals surface area contributed by atoms with Gasteiger partial charge in [-0.3, -0.25) is 4.90 Å². The van der Waals surface area contributed by atoms with Gasteiger partial charge in [0.25, 0.3) is 0 Å². The molecule has 0 aromatic carbocycles. The van der Waals surface area contributed by atoms with Crippen molar-refractivity contribution in [3.8, 4) is 0 Å². The number of nitrogens with two attached hydrogens (primary N) is 1. The fourth-order valence-electron chi connectivity index (χ4n) is 1.22. The normalized spacial score (nSPS) is 13.2. The molecule has 0 rings (SSSR count). The van der Waals surface area contributed by atoms with Gasteiger partial charge in [-0.2, -0.15) is 0 Å². The van der Waals surface area contributed by atoms with Gasteiger partial charge in [0.05, 0.1) is 6.10 Å². The molecule has 0 bridgehead atoms. The highest BCUT2D eigenvalue weighted by Gasteiger charge is 2.06. The van der Waals surface area contributed by atoms with E-state index in [0.29, 0.717) is 6.54 Å². The van der Waals surface area contributed by atoms with Crippen LogP contribution in [0.1, 0.15) is 13.3 Å². The van der Waals surface area contributed by atoms with Crippen LogP contribution in [-0.2, 0) is 4.74 Å². The SMILES string of the molecule is C=CCN(CC)CCC(CN)OC. The highest BCUT2D eigenvalue weighted by atomic mass is 16.5. The van der Waals surface area contributed by atoms with E-state index in [1.54, 1.807) is 7.11 Å². The van der Waals surface area contributed by atoms with E-state index in [2.05, 4.69) is 18.4 Å². The average Bonchev–Trinajstić information content (AvgIpc) is 2.17. The number of hydrogen-bond acceptors (Lipinski definition) is 3. The van der Waals surface area contributed by atoms with Gasteiger partial charge >= 0.3 is 0 Å². The molecule has 1 atom stereocenters. The molecule has 0 heterocycles. The zero-order valence-electron chi connectivity index (χ0n) is 8.83. The minimum atomic E-state index is 0.193. The summed E-state index contributed by atoms with van der Waals surface area (Å²) in [5.41, 5.74) is 5.52. The highest BCUT2D eigenvalue weighted by Crippen LogP contribution is 1.98. The van der Waals surface area contributed by atoms with Gasteiger partial charge in [0.15, 0.2) is 0 Å². The second-order valence-electron chi connectivity index (χ2n) is 3.06. The molecule has 78 valence electrons. The zero-order valence-corrected chi connectivity index (χ0v) is 8.83. The Hall–Kier alpha value is -0.380. The molecular weight excluding hydrogens is 164 g/mol. The second-order valence-corrected chi connectivity index (χ2v) is 3.06. The Bertz CT molecular complexity index is 124. The van der Waals surface area contributed by atoms with Crippen LogP contribution in [0.4, 0.5) is 0 Å². The Morgan fingerprint density at radius 1 is 1.62 bits per heavy atom. The molecule has 0 aliphatic rings. The lowest BCUT2D eigenvalue weighted by Gasteiger charge is -2.21. The van der Waals surface area contributed by atoms with Gasteiger partial charge in [0, 0.05) is 26.7 Å². The maximum atomic E-state index is 5.52. The van der Waals surface area contributed by atoms with Gasteiger partial charge in [-0.05, 0) is 13.0 Å². The predicted molar refractivity (Wildman–Crippen MR) is 56.8 cm³/mol. The average molecular weight is 186 g/mol. The van der Waals surface area contributed by atoms with Gasteiger partial charge in [-0.15, -0.1) is 6.58 Å². The van der Waals surface area contributed by atoms with Crippen molar-refractivity contribution < 1.29 is 4.74 Å². The lowest BCUT2D eigenvalue weighted by Crippen LogP contribution is -2.31. The van der Waals surface area contributed by atoms with Gasteiger partial charge in [-0.25, -0.2) is 0 Å². The van der Waals surface area contributed by atoms with Gasteiger partial charge in [0.2, 0.25) is 0 Å². The number of methoxy groups -OCH3 is 1. The smallest absolute Gasteiger partial charge is 0.0705 e. The van der Waals surface area contributed by atoms with E-state index in [9.17, 15) is 0 Å². The molecule has 0 aliphatic heterocycles. The summed E-state index contributed by atoms with van der Waals surface area (Å²) in [6.07, 6.45) is 3.11. The van der Waals surface area contributed by atoms with Crippen LogP contribution in [0.15, 0.2) is 12.7 Å². The highest BCUT2D eigenvalue weighted by molar-refractivity contribution is 4.73. The summed E-state index contributed by atoms with van der Waals surface area (Å²) in [5.74, 6) is 0. The van der Waals surface area contributed by atoms with Crippen LogP contribution < -0.4 is 5.73 Å². The third-order valence-corrected chi connectivity index (χ3v) is 2.20. The van der Waals surface area contributed by atoms with Crippen LogP contribution in [0.25, 0.3) is 0 Å². The van der Waals surface area contributed by atoms with Gasteiger partial charge in [0.1, 0.15) is 0 Å². The first-order valence-corrected chi connectivity index (χ1v) is 4.84. The largest absolute Gasteiger partial charge is 0.380 e. The Morgan fingerprint density at radius 2 is 2.31 bits per heavy atom. The zero-order chi connectivity index (χ0) is 10.1. The third-order valence-electron chi connectivity index (χ3n) is 2.20. The van der Waals surface area contributed by atoms with Crippen molar-refractivity contribution >= 4 is 0 Å². The number of hydrogen-bond donors (Lipinski definition) is 1. The Morgan fingerprint density at radius 3 is 2.69 bits per heavy atom. The molecule has 0 saturated heterocycles. The fourth-order valence-corrected chi connectivity index (χ4v) is 1.22. The van der Waals surface area contributed by atoms with Crippen molar-refractivity contribution in [3.63, 3.8) is 0 Å². The maximum absolute atomic E-state index is 5.52. The predicted octanol–water partition coefficient (Wildman–Crippen LogP) is 0.858. The van der Waals surface area contributed by atoms with Crippen molar-refractivity contribution in [1.29, 1.82) is 0 Å². The molecule has 0 aromatic rings. The quantitative estimate of drug-likeness (QED) is 0.571. The van der Waals surface area contributed by atoms with Crippen molar-refractivity contribution in [2.45, 2.75) is 19.4 Å². The molecule has 3 heteroatoms. The van der Waals surface area contributed by atoms with Crippen molar-refractivity contribution in [1.82, 2.24) is 4.90 Å². The summed E-state index contributed by atoms with van der Waals surface area (Å²) in [6.45, 7) is 9.48. The van der Waals surface area contributed by atoms with Crippen molar-refractivity contribution in [3.05, 3.63) is 12.7 Å². The first kappa shape index (κ1) is 12.6. The van der Waals surface area contributed by atoms with E-state index in [0.717, 1.165) is 26.1 Å². The second kappa shape index (κ2) is 8.23. The van der Waals surface area contributed by atoms with Gasteiger partial charge in [-0.1, -0.05) is 13.0 Å². The number of nitrogens with zero attached hydrogens (tertiary/aromatic N) is 1. The Kier molecular flexibility index (Phi) is 7.99. The van der Waals surface area contributed by atoms with Crippen LogP contribution in [0, 0.1) is 0 Å². The molecule has 0 amide bonds. The summed E-state index contributed by atoms with van der Waals surface area (Å²) >= 11 is 0. The summed E-state index contributed by atoms with van der Waals surface area (Å²) in [5, 5.41) is 0. The summed E-state index contributed by atoms with van der Waals surface area (Å²) in [6, 6.07) is 0. The molecule has 0 saturated carbocycles. The topological polar surface area (TPSA) is 38.5 Å². The van der Waals surface area contributed by atoms with E-state index in [1.165, 1.54) is 0 Å². The summed E-state index contributed by atoms with van der Waals surface area (Å²) in [7, 11) is 1.71. The minimum absolute atomic E-state index is 0.193. The first-order chi connectivity index (χ1) is 6.28. The van der Waals surface area contributed by atoms with Crippen molar-refractivity contribution in [2.75, 3.05) is 33.3 Å². The molecule has 0 radical (unpaired) electrons. The van der Waals surface area contributed by atoms with E-state index < -0.39 is 0 Å². The van der Waals surface area contributed by atoms with E-state index in [4.69, 9.17) is 10.5 Å². The molecular formula is C10H22N2O. The molecule has 1 unspecified atom stereocenters. The number of likely N-dealkylation sites (N-methyl/N-ethyl adjacent to an activating group) is 1. The van der Waals surface area contributed by atoms with Crippen molar-refractivity contribution in [2.24, 2.45) is 5.73 Å². The summed E-state index contributed by atoms with van der Waals surface area (Å²) < 4.78 is 5.20. The lowest BCUT2D eigenvalue weighted by atomic mass is 10.2. The van der Waals surface area contributed by atoms with Crippen LogP contribution in [-0.4, -0.2) is 44.3 Å². The lowest BCUT2D eigenvalue weighted by molar-refractivity contribution is 0.0916. The monoisotopic (exact) mass is 186 g/mol. The van der Waals surface area contributed by atoms with Gasteiger partial charge < -0.3 is 10.5 Å². The standard InChI is InChI=1S/C10H22N2O/c1-4-7-12(5-2)8-6-10(9-11)13-3/h4,10H,1,5-9,11H2,2-3H3. The Labute approximate surface area is 81.5 Å². The van der Waals surface area contributed by atoms with Crippen LogP contribution in [0.5, 0.6) is 0 Å². The van der Waals surface area contributed by atoms with Crippen LogP contribution in [0.3, 0.4) is 0 Å². The Balaban J connectivity index is 3.62. The molecule has 13 heavy (non-hydrogen) atoms. The van der Waals surface area contributed by atoms with Crippen LogP contribution >= 0.6 is 0 Å². The number of ether oxygens (including phenoxy) is 1. The summed E-state index contributed by atoms with van der Waals surface area (Å²) in [4.78, 5) is 2.31. The molecule has 0 fully saturated rings. The molecule has 0 aliphatic carbocycles. The minimum Gasteiger partial charge on any atom is -0.380 e. The maximum Gasteiger partial charge on any atom is 0.0705 e. The molecule has 0 spiro atoms. The van der Waals surface area contributed by atoms with E-state index in [1.807, 2.05) is 6.08 Å². The first-order valence-electron chi connectivity index (χ1n) is 4.84.